The third kappa shape index (κ3) is 1.78. The molecule has 3 rings (SSSR count). The van der Waals surface area contributed by atoms with Crippen molar-refractivity contribution in [1.82, 2.24) is 0 Å². The highest BCUT2D eigenvalue weighted by molar-refractivity contribution is 7.99. The van der Waals surface area contributed by atoms with Crippen molar-refractivity contribution in [2.24, 2.45) is 0 Å². The van der Waals surface area contributed by atoms with Crippen LogP contribution in [0.1, 0.15) is 13.8 Å². The minimum atomic E-state index is -1.62. The van der Waals surface area contributed by atoms with E-state index in [1.807, 2.05) is 6.26 Å². The number of aliphatic hydroxyl groups is 1. The maximum atomic E-state index is 11.6. The van der Waals surface area contributed by atoms with Crippen LogP contribution in [0.4, 0.5) is 0 Å². The van der Waals surface area contributed by atoms with Gasteiger partial charge in [0, 0.05) is 5.57 Å². The first-order chi connectivity index (χ1) is 8.97. The molecule has 0 radical (unpaired) electrons. The summed E-state index contributed by atoms with van der Waals surface area (Å²) in [7, 11) is 0. The summed E-state index contributed by atoms with van der Waals surface area (Å²) in [5, 5.41) is 10.7. The fraction of sp³-hybridized carbons (Fsp3) is 0.615. The van der Waals surface area contributed by atoms with Crippen LogP contribution >= 0.6 is 11.8 Å². The third-order valence-electron chi connectivity index (χ3n) is 3.71. The Kier molecular flexibility index (Phi) is 3.01. The average molecular weight is 284 g/mol. The molecule has 6 heteroatoms. The van der Waals surface area contributed by atoms with E-state index in [4.69, 9.17) is 14.2 Å². The molecule has 104 valence electrons. The van der Waals surface area contributed by atoms with Gasteiger partial charge in [-0.2, -0.15) is 11.8 Å². The van der Waals surface area contributed by atoms with E-state index < -0.39 is 12.1 Å². The van der Waals surface area contributed by atoms with E-state index in [-0.39, 0.29) is 17.1 Å². The van der Waals surface area contributed by atoms with Crippen LogP contribution in [-0.2, 0) is 19.0 Å². The van der Waals surface area contributed by atoms with Crippen LogP contribution in [0.2, 0.25) is 0 Å². The lowest BCUT2D eigenvalue weighted by Gasteiger charge is -2.44. The lowest BCUT2D eigenvalue weighted by Crippen LogP contribution is -2.56. The predicted molar refractivity (Wildman–Crippen MR) is 69.4 cm³/mol. The van der Waals surface area contributed by atoms with Gasteiger partial charge in [0.1, 0.15) is 11.9 Å². The molecule has 3 heterocycles. The maximum absolute atomic E-state index is 11.6. The van der Waals surface area contributed by atoms with E-state index >= 15 is 0 Å². The van der Waals surface area contributed by atoms with Crippen molar-refractivity contribution in [2.75, 3.05) is 12.9 Å². The molecule has 0 unspecified atom stereocenters. The first-order valence-electron chi connectivity index (χ1n) is 6.12. The summed E-state index contributed by atoms with van der Waals surface area (Å²) in [6, 6.07) is 0. The molecule has 3 aliphatic rings. The summed E-state index contributed by atoms with van der Waals surface area (Å²) in [6.07, 6.45) is 2.74. The average Bonchev–Trinajstić information content (AvgIpc) is 2.78. The molecule has 2 bridgehead atoms. The third-order valence-corrected chi connectivity index (χ3v) is 4.77. The molecule has 0 aliphatic carbocycles. The topological polar surface area (TPSA) is 65.0 Å². The number of ether oxygens (including phenoxy) is 3. The zero-order valence-corrected chi connectivity index (χ0v) is 11.8. The van der Waals surface area contributed by atoms with E-state index in [9.17, 15) is 9.90 Å². The van der Waals surface area contributed by atoms with Gasteiger partial charge in [-0.15, -0.1) is 0 Å². The van der Waals surface area contributed by atoms with Gasteiger partial charge < -0.3 is 19.3 Å². The largest absolute Gasteiger partial charge is 0.457 e. The zero-order chi connectivity index (χ0) is 13.8. The molecule has 0 spiro atoms. The highest BCUT2D eigenvalue weighted by Gasteiger charge is 2.59. The Morgan fingerprint density at radius 2 is 2.32 bits per heavy atom. The first kappa shape index (κ1) is 13.2. The summed E-state index contributed by atoms with van der Waals surface area (Å²) in [4.78, 5) is 11.6. The van der Waals surface area contributed by atoms with Crippen molar-refractivity contribution in [1.29, 1.82) is 0 Å². The SMILES string of the molecule is CS[C@H]1C2=CC(C(C)=O)=C(C)O[C@]2(O)[C@@H]2OC[C@H]1O2. The molecular weight excluding hydrogens is 268 g/mol. The van der Waals surface area contributed by atoms with Crippen LogP contribution in [0.5, 0.6) is 0 Å². The van der Waals surface area contributed by atoms with E-state index in [2.05, 4.69) is 0 Å². The second-order valence-corrected chi connectivity index (χ2v) is 5.90. The van der Waals surface area contributed by atoms with Crippen molar-refractivity contribution >= 4 is 17.5 Å². The Labute approximate surface area is 115 Å². The van der Waals surface area contributed by atoms with Crippen molar-refractivity contribution < 1.29 is 24.1 Å². The summed E-state index contributed by atoms with van der Waals surface area (Å²) in [6.45, 7) is 3.58. The van der Waals surface area contributed by atoms with E-state index in [1.54, 1.807) is 24.8 Å². The van der Waals surface area contributed by atoms with E-state index in [1.165, 1.54) is 6.92 Å². The minimum Gasteiger partial charge on any atom is -0.457 e. The van der Waals surface area contributed by atoms with E-state index in [0.29, 0.717) is 23.5 Å². The van der Waals surface area contributed by atoms with Crippen LogP contribution in [0, 0.1) is 0 Å². The summed E-state index contributed by atoms with van der Waals surface area (Å²) < 4.78 is 16.7. The molecule has 0 aromatic carbocycles. The summed E-state index contributed by atoms with van der Waals surface area (Å²) in [5.41, 5.74) is 1.16. The van der Waals surface area contributed by atoms with Gasteiger partial charge in [-0.3, -0.25) is 4.79 Å². The molecule has 0 aromatic heterocycles. The minimum absolute atomic E-state index is 0.0772. The molecule has 1 N–H and O–H groups in total. The van der Waals surface area contributed by atoms with E-state index in [0.717, 1.165) is 0 Å². The van der Waals surface area contributed by atoms with Gasteiger partial charge in [0.25, 0.3) is 5.79 Å². The number of rotatable bonds is 2. The fourth-order valence-electron chi connectivity index (χ4n) is 2.79. The van der Waals surface area contributed by atoms with Crippen molar-refractivity contribution in [3.8, 4) is 0 Å². The summed E-state index contributed by atoms with van der Waals surface area (Å²) >= 11 is 1.56. The van der Waals surface area contributed by atoms with Gasteiger partial charge in [0.2, 0.25) is 6.29 Å². The van der Waals surface area contributed by atoms with Gasteiger partial charge in [-0.05, 0) is 26.2 Å². The molecule has 5 nitrogen and oxygen atoms in total. The van der Waals surface area contributed by atoms with Gasteiger partial charge >= 0.3 is 0 Å². The van der Waals surface area contributed by atoms with Gasteiger partial charge in [0.15, 0.2) is 5.78 Å². The maximum Gasteiger partial charge on any atom is 0.283 e. The van der Waals surface area contributed by atoms with Gasteiger partial charge in [-0.25, -0.2) is 0 Å². The van der Waals surface area contributed by atoms with Crippen LogP contribution in [0.15, 0.2) is 23.0 Å². The predicted octanol–water partition coefficient (Wildman–Crippen LogP) is 0.981. The Morgan fingerprint density at radius 3 is 2.95 bits per heavy atom. The first-order valence-corrected chi connectivity index (χ1v) is 7.41. The number of carbonyl (C=O) groups excluding carboxylic acids is 1. The number of carbonyl (C=O) groups is 1. The highest BCUT2D eigenvalue weighted by atomic mass is 32.2. The quantitative estimate of drug-likeness (QED) is 0.815. The molecule has 19 heavy (non-hydrogen) atoms. The standard InChI is InChI=1S/C13H16O5S/c1-6(14)8-4-9-11(19-3)10-5-16-12(17-10)13(9,15)18-7(8)2/h4,10-12,15H,5H2,1-3H3/t10-,11+,12-,13+/m1/s1. The smallest absolute Gasteiger partial charge is 0.283 e. The van der Waals surface area contributed by atoms with Crippen molar-refractivity contribution in [3.63, 3.8) is 0 Å². The van der Waals surface area contributed by atoms with Crippen molar-refractivity contribution in [2.45, 2.75) is 37.3 Å². The Bertz CT molecular complexity index is 497. The monoisotopic (exact) mass is 284 g/mol. The summed E-state index contributed by atoms with van der Waals surface area (Å²) in [5.74, 6) is -1.30. The number of ketones is 1. The second kappa shape index (κ2) is 4.34. The zero-order valence-electron chi connectivity index (χ0n) is 11.0. The molecule has 2 fully saturated rings. The normalized spacial score (nSPS) is 40.6. The van der Waals surface area contributed by atoms with Gasteiger partial charge in [-0.1, -0.05) is 0 Å². The molecule has 2 saturated heterocycles. The number of thioether (sulfide) groups is 1. The van der Waals surface area contributed by atoms with Crippen LogP contribution in [0.25, 0.3) is 0 Å². The molecule has 3 aliphatic heterocycles. The Morgan fingerprint density at radius 1 is 1.58 bits per heavy atom. The second-order valence-electron chi connectivity index (χ2n) is 4.92. The number of hydrogen-bond donors (Lipinski definition) is 1. The van der Waals surface area contributed by atoms with Crippen molar-refractivity contribution in [3.05, 3.63) is 23.0 Å². The fourth-order valence-corrected chi connectivity index (χ4v) is 3.73. The Balaban J connectivity index is 2.10. The molecule has 0 saturated carbocycles. The highest BCUT2D eigenvalue weighted by Crippen LogP contribution is 2.47. The number of fused-ring (bicyclic) bond motifs is 4. The van der Waals surface area contributed by atoms with Crippen LogP contribution < -0.4 is 0 Å². The Hall–Kier alpha value is -0.820. The van der Waals surface area contributed by atoms with Crippen LogP contribution in [-0.4, -0.2) is 47.2 Å². The van der Waals surface area contributed by atoms with Crippen LogP contribution in [0.3, 0.4) is 0 Å². The molecule has 0 aromatic rings. The number of allylic oxidation sites excluding steroid dienone is 3. The molecular formula is C13H16O5S. The number of Topliss-reactive ketones (excluding diaryl/α,β-unsaturated/α-hetero) is 1. The lowest BCUT2D eigenvalue weighted by atomic mass is 9.91. The molecule has 4 atom stereocenters. The molecule has 0 amide bonds. The number of hydrogen-bond acceptors (Lipinski definition) is 6. The van der Waals surface area contributed by atoms with Gasteiger partial charge in [0.05, 0.1) is 17.4 Å². The lowest BCUT2D eigenvalue weighted by molar-refractivity contribution is -0.288.